The van der Waals surface area contributed by atoms with Gasteiger partial charge in [0.05, 0.1) is 17.4 Å². The normalized spacial score (nSPS) is 20.3. The van der Waals surface area contributed by atoms with E-state index in [0.717, 1.165) is 41.9 Å². The van der Waals surface area contributed by atoms with E-state index in [9.17, 15) is 9.59 Å². The lowest BCUT2D eigenvalue weighted by Gasteiger charge is -2.36. The largest absolute Gasteiger partial charge is 0.347 e. The Morgan fingerprint density at radius 3 is 2.79 bits per heavy atom. The van der Waals surface area contributed by atoms with E-state index in [0.29, 0.717) is 18.7 Å². The second kappa shape index (κ2) is 6.50. The van der Waals surface area contributed by atoms with Gasteiger partial charge in [0.25, 0.3) is 0 Å². The monoisotopic (exact) mass is 392 g/mol. The van der Waals surface area contributed by atoms with Crippen molar-refractivity contribution in [2.45, 2.75) is 65.1 Å². The van der Waals surface area contributed by atoms with Crippen LogP contribution in [0.5, 0.6) is 0 Å². The van der Waals surface area contributed by atoms with Crippen molar-refractivity contribution >= 4 is 11.6 Å². The summed E-state index contributed by atoms with van der Waals surface area (Å²) in [7, 11) is 0. The van der Waals surface area contributed by atoms with Crippen LogP contribution in [-0.2, 0) is 17.8 Å². The Bertz CT molecular complexity index is 1190. The molecule has 150 valence electrons. The zero-order valence-corrected chi connectivity index (χ0v) is 16.9. The Labute approximate surface area is 168 Å². The van der Waals surface area contributed by atoms with Gasteiger partial charge in [0.15, 0.2) is 5.65 Å². The molecule has 1 amide bonds. The van der Waals surface area contributed by atoms with Crippen molar-refractivity contribution in [2.75, 3.05) is 0 Å². The second-order valence-electron chi connectivity index (χ2n) is 8.19. The molecular weight excluding hydrogens is 368 g/mol. The average Bonchev–Trinajstić information content (AvgIpc) is 3.19. The Hall–Kier alpha value is -3.03. The molecule has 1 saturated heterocycles. The van der Waals surface area contributed by atoms with Crippen LogP contribution in [-0.4, -0.2) is 41.0 Å². The van der Waals surface area contributed by atoms with Gasteiger partial charge in [-0.25, -0.2) is 14.3 Å². The first-order chi connectivity index (χ1) is 13.9. The first kappa shape index (κ1) is 18.0. The van der Waals surface area contributed by atoms with Crippen LogP contribution in [0.25, 0.3) is 5.65 Å². The molecule has 2 aliphatic rings. The molecule has 0 spiro atoms. The van der Waals surface area contributed by atoms with Gasteiger partial charge in [0.2, 0.25) is 5.91 Å². The van der Waals surface area contributed by atoms with E-state index in [2.05, 4.69) is 15.1 Å². The molecule has 0 saturated carbocycles. The molecule has 29 heavy (non-hydrogen) atoms. The molecule has 2 atom stereocenters. The zero-order valence-electron chi connectivity index (χ0n) is 16.9. The van der Waals surface area contributed by atoms with E-state index >= 15 is 0 Å². The van der Waals surface area contributed by atoms with Crippen molar-refractivity contribution in [1.82, 2.24) is 29.0 Å². The van der Waals surface area contributed by atoms with Crippen LogP contribution in [0.3, 0.4) is 0 Å². The number of aryl methyl sites for hydroxylation is 3. The van der Waals surface area contributed by atoms with Gasteiger partial charge in [0, 0.05) is 54.6 Å². The van der Waals surface area contributed by atoms with Gasteiger partial charge in [-0.1, -0.05) is 0 Å². The standard InChI is InChI=1S/C21H24N6O2/c1-12-8-14(3)25(21(29)23-12)7-6-20(28)26-15-4-5-17(26)16-11-22-19-9-13(2)24-27(19)18(16)10-15/h8-9,11,15,17H,4-7,10H2,1-3H3. The molecule has 5 rings (SSSR count). The molecule has 8 heteroatoms. The number of fused-ring (bicyclic) bond motifs is 6. The highest BCUT2D eigenvalue weighted by Crippen LogP contribution is 2.43. The molecule has 2 aliphatic heterocycles. The quantitative estimate of drug-likeness (QED) is 0.680. The maximum Gasteiger partial charge on any atom is 0.347 e. The van der Waals surface area contributed by atoms with E-state index in [1.54, 1.807) is 11.5 Å². The van der Waals surface area contributed by atoms with Gasteiger partial charge >= 0.3 is 5.69 Å². The third-order valence-corrected chi connectivity index (χ3v) is 6.21. The van der Waals surface area contributed by atoms with Crippen molar-refractivity contribution in [3.8, 4) is 0 Å². The number of carbonyl (C=O) groups excluding carboxylic acids is 1. The SMILES string of the molecule is Cc1cc(C)n(CCC(=O)N2C3CCC2c2cnc4cc(C)nn4c2C3)c(=O)n1. The fourth-order valence-electron chi connectivity index (χ4n) is 4.96. The van der Waals surface area contributed by atoms with E-state index in [4.69, 9.17) is 0 Å². The Morgan fingerprint density at radius 1 is 1.17 bits per heavy atom. The predicted octanol–water partition coefficient (Wildman–Crippen LogP) is 1.89. The van der Waals surface area contributed by atoms with Gasteiger partial charge in [-0.3, -0.25) is 9.36 Å². The maximum atomic E-state index is 13.1. The first-order valence-electron chi connectivity index (χ1n) is 10.1. The fraction of sp³-hybridized carbons (Fsp3) is 0.476. The molecule has 2 unspecified atom stereocenters. The van der Waals surface area contributed by atoms with E-state index in [-0.39, 0.29) is 23.7 Å². The lowest BCUT2D eigenvalue weighted by Crippen LogP contribution is -2.43. The third kappa shape index (κ3) is 2.85. The number of amides is 1. The van der Waals surface area contributed by atoms with Crippen LogP contribution < -0.4 is 5.69 Å². The Morgan fingerprint density at radius 2 is 2.00 bits per heavy atom. The van der Waals surface area contributed by atoms with Gasteiger partial charge in [-0.2, -0.15) is 10.1 Å². The van der Waals surface area contributed by atoms with Crippen LogP contribution in [0.1, 0.15) is 53.6 Å². The summed E-state index contributed by atoms with van der Waals surface area (Å²) in [4.78, 5) is 35.9. The molecule has 1 fully saturated rings. The summed E-state index contributed by atoms with van der Waals surface area (Å²) in [6.07, 6.45) is 4.93. The summed E-state index contributed by atoms with van der Waals surface area (Å²) in [6.45, 7) is 6.01. The highest BCUT2D eigenvalue weighted by Gasteiger charge is 2.43. The minimum absolute atomic E-state index is 0.0478. The lowest BCUT2D eigenvalue weighted by molar-refractivity contribution is -0.135. The minimum atomic E-state index is -0.289. The van der Waals surface area contributed by atoms with Crippen molar-refractivity contribution < 1.29 is 4.79 Å². The summed E-state index contributed by atoms with van der Waals surface area (Å²) in [5.41, 5.74) is 5.34. The van der Waals surface area contributed by atoms with E-state index in [1.165, 1.54) is 5.69 Å². The van der Waals surface area contributed by atoms with Crippen molar-refractivity contribution in [3.63, 3.8) is 0 Å². The highest BCUT2D eigenvalue weighted by molar-refractivity contribution is 5.78. The van der Waals surface area contributed by atoms with Crippen LogP contribution in [0.2, 0.25) is 0 Å². The van der Waals surface area contributed by atoms with Gasteiger partial charge in [0.1, 0.15) is 0 Å². The number of hydrogen-bond acceptors (Lipinski definition) is 5. The number of nitrogens with zero attached hydrogens (tertiary/aromatic N) is 6. The average molecular weight is 392 g/mol. The van der Waals surface area contributed by atoms with Crippen LogP contribution in [0.15, 0.2) is 23.1 Å². The Balaban J connectivity index is 1.41. The van der Waals surface area contributed by atoms with Crippen LogP contribution in [0.4, 0.5) is 0 Å². The van der Waals surface area contributed by atoms with E-state index in [1.807, 2.05) is 41.6 Å². The van der Waals surface area contributed by atoms with Gasteiger partial charge in [-0.15, -0.1) is 0 Å². The number of rotatable bonds is 3. The highest BCUT2D eigenvalue weighted by atomic mass is 16.2. The molecular formula is C21H24N6O2. The second-order valence-corrected chi connectivity index (χ2v) is 8.19. The van der Waals surface area contributed by atoms with Gasteiger partial charge in [-0.05, 0) is 39.7 Å². The summed E-state index contributed by atoms with van der Waals surface area (Å²) in [6, 6.07) is 4.08. The Kier molecular flexibility index (Phi) is 4.04. The minimum Gasteiger partial charge on any atom is -0.332 e. The zero-order chi connectivity index (χ0) is 20.3. The molecule has 5 heterocycles. The number of carbonyl (C=O) groups is 1. The van der Waals surface area contributed by atoms with Crippen molar-refractivity contribution in [2.24, 2.45) is 0 Å². The molecule has 0 N–H and O–H groups in total. The molecule has 0 aromatic carbocycles. The molecule has 3 aromatic heterocycles. The summed E-state index contributed by atoms with van der Waals surface area (Å²) in [5.74, 6) is 0.0896. The van der Waals surface area contributed by atoms with Crippen molar-refractivity contribution in [1.29, 1.82) is 0 Å². The first-order valence-corrected chi connectivity index (χ1v) is 10.1. The summed E-state index contributed by atoms with van der Waals surface area (Å²) in [5, 5.41) is 4.60. The molecule has 3 aromatic rings. The molecule has 8 nitrogen and oxygen atoms in total. The maximum absolute atomic E-state index is 13.1. The molecule has 0 aliphatic carbocycles. The predicted molar refractivity (Wildman–Crippen MR) is 107 cm³/mol. The molecule has 2 bridgehead atoms. The van der Waals surface area contributed by atoms with Crippen LogP contribution >= 0.6 is 0 Å². The molecule has 0 radical (unpaired) electrons. The van der Waals surface area contributed by atoms with Crippen LogP contribution in [0, 0.1) is 20.8 Å². The topological polar surface area (TPSA) is 85.4 Å². The summed E-state index contributed by atoms with van der Waals surface area (Å²) < 4.78 is 3.53. The number of hydrogen-bond donors (Lipinski definition) is 0. The van der Waals surface area contributed by atoms with Gasteiger partial charge < -0.3 is 4.90 Å². The third-order valence-electron chi connectivity index (χ3n) is 6.21. The fourth-order valence-corrected chi connectivity index (χ4v) is 4.96. The van der Waals surface area contributed by atoms with Crippen molar-refractivity contribution in [3.05, 3.63) is 57.2 Å². The van der Waals surface area contributed by atoms with E-state index < -0.39 is 0 Å². The summed E-state index contributed by atoms with van der Waals surface area (Å²) >= 11 is 0. The lowest BCUT2D eigenvalue weighted by atomic mass is 9.98. The number of aromatic nitrogens is 5. The smallest absolute Gasteiger partial charge is 0.332 e.